The Balaban J connectivity index is 1.77. The van der Waals surface area contributed by atoms with Crippen LogP contribution in [0.3, 0.4) is 0 Å². The Morgan fingerprint density at radius 2 is 1.34 bits per heavy atom. The topological polar surface area (TPSA) is 94.9 Å². The van der Waals surface area contributed by atoms with E-state index in [9.17, 15) is 9.59 Å². The summed E-state index contributed by atoms with van der Waals surface area (Å²) in [5.74, 6) is -1.89. The van der Waals surface area contributed by atoms with Gasteiger partial charge < -0.3 is 18.9 Å². The summed E-state index contributed by atoms with van der Waals surface area (Å²) >= 11 is 17.1. The summed E-state index contributed by atoms with van der Waals surface area (Å²) in [5.41, 5.74) is 0.674. The Labute approximate surface area is 200 Å². The van der Waals surface area contributed by atoms with Crippen LogP contribution in [0.25, 0.3) is 0 Å². The van der Waals surface area contributed by atoms with Gasteiger partial charge in [-0.05, 0) is 31.2 Å². The SMILES string of the molecule is CC1O[C@@H](OC(=N)C(Cl)(Cl)Cl)C(OC(=O)c2ccccc2)C[C@H]1OC(=O)c1ccccc1. The van der Waals surface area contributed by atoms with Gasteiger partial charge in [0.25, 0.3) is 3.79 Å². The number of nitrogens with one attached hydrogen (secondary N) is 1. The number of rotatable bonds is 5. The maximum absolute atomic E-state index is 12.6. The zero-order chi connectivity index (χ0) is 23.3. The molecule has 1 saturated heterocycles. The largest absolute Gasteiger partial charge is 0.456 e. The third-order valence-electron chi connectivity index (χ3n) is 4.67. The van der Waals surface area contributed by atoms with Crippen LogP contribution < -0.4 is 0 Å². The molecule has 2 unspecified atom stereocenters. The summed E-state index contributed by atoms with van der Waals surface area (Å²) in [6, 6.07) is 16.8. The van der Waals surface area contributed by atoms with Crippen molar-refractivity contribution in [2.24, 2.45) is 0 Å². The molecule has 2 aromatic carbocycles. The predicted octanol–water partition coefficient (Wildman–Crippen LogP) is 4.94. The van der Waals surface area contributed by atoms with E-state index in [-0.39, 0.29) is 6.42 Å². The number of carbonyl (C=O) groups excluding carboxylic acids is 2. The Morgan fingerprint density at radius 3 is 1.81 bits per heavy atom. The minimum absolute atomic E-state index is 0.0517. The minimum atomic E-state index is -2.13. The monoisotopic (exact) mass is 499 g/mol. The summed E-state index contributed by atoms with van der Waals surface area (Å²) < 4.78 is 20.1. The van der Waals surface area contributed by atoms with Crippen LogP contribution in [0.15, 0.2) is 60.7 Å². The summed E-state index contributed by atoms with van der Waals surface area (Å²) in [6.45, 7) is 1.66. The smallest absolute Gasteiger partial charge is 0.338 e. The van der Waals surface area contributed by atoms with E-state index in [4.69, 9.17) is 59.2 Å². The first kappa shape index (κ1) is 24.3. The highest BCUT2D eigenvalue weighted by molar-refractivity contribution is 6.76. The van der Waals surface area contributed by atoms with Crippen LogP contribution in [0.5, 0.6) is 0 Å². The van der Waals surface area contributed by atoms with E-state index in [2.05, 4.69) is 0 Å². The lowest BCUT2D eigenvalue weighted by atomic mass is 10.0. The Morgan fingerprint density at radius 1 is 0.875 bits per heavy atom. The van der Waals surface area contributed by atoms with Gasteiger partial charge in [0.05, 0.1) is 17.2 Å². The second-order valence-electron chi connectivity index (χ2n) is 7.01. The van der Waals surface area contributed by atoms with Crippen molar-refractivity contribution in [3.8, 4) is 0 Å². The molecule has 32 heavy (non-hydrogen) atoms. The van der Waals surface area contributed by atoms with Crippen molar-refractivity contribution in [3.05, 3.63) is 71.8 Å². The van der Waals surface area contributed by atoms with Gasteiger partial charge in [-0.3, -0.25) is 5.41 Å². The average molecular weight is 501 g/mol. The van der Waals surface area contributed by atoms with Crippen LogP contribution in [-0.4, -0.2) is 46.2 Å². The molecule has 4 atom stereocenters. The molecule has 0 aliphatic carbocycles. The van der Waals surface area contributed by atoms with E-state index >= 15 is 0 Å². The molecule has 170 valence electrons. The zero-order valence-electron chi connectivity index (χ0n) is 16.9. The number of alkyl halides is 3. The number of hydrogen-bond acceptors (Lipinski definition) is 7. The fourth-order valence-electron chi connectivity index (χ4n) is 3.01. The molecule has 0 radical (unpaired) electrons. The van der Waals surface area contributed by atoms with Gasteiger partial charge in [-0.25, -0.2) is 9.59 Å². The highest BCUT2D eigenvalue weighted by atomic mass is 35.6. The fourth-order valence-corrected chi connectivity index (χ4v) is 3.15. The lowest BCUT2D eigenvalue weighted by molar-refractivity contribution is -0.234. The number of hydrogen-bond donors (Lipinski definition) is 1. The molecule has 1 N–H and O–H groups in total. The maximum Gasteiger partial charge on any atom is 0.338 e. The lowest BCUT2D eigenvalue weighted by Gasteiger charge is -2.39. The van der Waals surface area contributed by atoms with Gasteiger partial charge in [-0.1, -0.05) is 71.2 Å². The second kappa shape index (κ2) is 10.5. The molecule has 0 saturated carbocycles. The van der Waals surface area contributed by atoms with Crippen molar-refractivity contribution in [1.29, 1.82) is 5.41 Å². The molecule has 1 fully saturated rings. The van der Waals surface area contributed by atoms with Crippen molar-refractivity contribution < 1.29 is 28.5 Å². The highest BCUT2D eigenvalue weighted by Gasteiger charge is 2.44. The van der Waals surface area contributed by atoms with E-state index in [0.29, 0.717) is 11.1 Å². The van der Waals surface area contributed by atoms with Gasteiger partial charge in [0.2, 0.25) is 12.2 Å². The van der Waals surface area contributed by atoms with Crippen molar-refractivity contribution in [3.63, 3.8) is 0 Å². The molecular formula is C22H20Cl3NO6. The average Bonchev–Trinajstić information content (AvgIpc) is 2.77. The summed E-state index contributed by atoms with van der Waals surface area (Å²) in [4.78, 5) is 25.1. The van der Waals surface area contributed by atoms with Gasteiger partial charge in [-0.15, -0.1) is 0 Å². The molecule has 0 bridgehead atoms. The molecule has 7 nitrogen and oxygen atoms in total. The van der Waals surface area contributed by atoms with Crippen molar-refractivity contribution in [2.45, 2.75) is 41.7 Å². The zero-order valence-corrected chi connectivity index (χ0v) is 19.1. The molecule has 1 aliphatic rings. The first-order valence-corrected chi connectivity index (χ1v) is 10.8. The van der Waals surface area contributed by atoms with Crippen LogP contribution in [0, 0.1) is 5.41 Å². The van der Waals surface area contributed by atoms with Crippen LogP contribution in [0.4, 0.5) is 0 Å². The van der Waals surface area contributed by atoms with Crippen LogP contribution in [-0.2, 0) is 18.9 Å². The Kier molecular flexibility index (Phi) is 8.00. The van der Waals surface area contributed by atoms with Gasteiger partial charge in [0, 0.05) is 6.42 Å². The molecule has 3 rings (SSSR count). The molecular weight excluding hydrogens is 481 g/mol. The normalized spacial score (nSPS) is 23.1. The summed E-state index contributed by atoms with van der Waals surface area (Å²) in [5, 5.41) is 7.83. The van der Waals surface area contributed by atoms with E-state index in [0.717, 1.165) is 0 Å². The molecule has 0 amide bonds. The number of benzene rings is 2. The molecule has 2 aromatic rings. The molecule has 1 heterocycles. The molecule has 0 aromatic heterocycles. The lowest BCUT2D eigenvalue weighted by Crippen LogP contribution is -2.51. The molecule has 10 heteroatoms. The van der Waals surface area contributed by atoms with E-state index in [1.54, 1.807) is 67.6 Å². The Hall–Kier alpha value is -2.32. The van der Waals surface area contributed by atoms with Crippen molar-refractivity contribution in [1.82, 2.24) is 0 Å². The van der Waals surface area contributed by atoms with E-state index in [1.807, 2.05) is 0 Å². The predicted molar refractivity (Wildman–Crippen MR) is 119 cm³/mol. The van der Waals surface area contributed by atoms with E-state index in [1.165, 1.54) is 0 Å². The van der Waals surface area contributed by atoms with Crippen LogP contribution in [0.1, 0.15) is 34.1 Å². The number of carbonyl (C=O) groups is 2. The molecule has 0 spiro atoms. The highest BCUT2D eigenvalue weighted by Crippen LogP contribution is 2.32. The Bertz CT molecular complexity index is 951. The number of esters is 2. The van der Waals surface area contributed by atoms with Gasteiger partial charge in [0.1, 0.15) is 6.10 Å². The maximum atomic E-state index is 12.6. The number of ether oxygens (including phenoxy) is 4. The third kappa shape index (κ3) is 6.36. The van der Waals surface area contributed by atoms with E-state index < -0.39 is 46.2 Å². The summed E-state index contributed by atoms with van der Waals surface area (Å²) in [6.07, 6.45) is -3.64. The van der Waals surface area contributed by atoms with Gasteiger partial charge >= 0.3 is 11.9 Å². The first-order valence-electron chi connectivity index (χ1n) is 9.65. The third-order valence-corrected chi connectivity index (χ3v) is 5.18. The van der Waals surface area contributed by atoms with Gasteiger partial charge in [0.15, 0.2) is 6.10 Å². The van der Waals surface area contributed by atoms with Crippen LogP contribution in [0.2, 0.25) is 0 Å². The van der Waals surface area contributed by atoms with Gasteiger partial charge in [-0.2, -0.15) is 0 Å². The minimum Gasteiger partial charge on any atom is -0.456 e. The summed E-state index contributed by atoms with van der Waals surface area (Å²) in [7, 11) is 0. The van der Waals surface area contributed by atoms with Crippen molar-refractivity contribution >= 4 is 52.6 Å². The van der Waals surface area contributed by atoms with Crippen LogP contribution >= 0.6 is 34.8 Å². The van der Waals surface area contributed by atoms with Crippen molar-refractivity contribution in [2.75, 3.05) is 0 Å². The standard InChI is InChI=1S/C22H20Cl3NO6/c1-13-16(30-18(27)14-8-4-2-5-9-14)12-17(20(29-13)32-21(26)22(23,24)25)31-19(28)15-10-6-3-7-11-15/h2-11,13,16-17,20,26H,12H2,1H3/t13?,16-,17?,20+/m1/s1. The molecule has 1 aliphatic heterocycles. The number of halogens is 3. The second-order valence-corrected chi connectivity index (χ2v) is 9.29. The quantitative estimate of drug-likeness (QED) is 0.270. The first-order chi connectivity index (χ1) is 15.1. The fraction of sp³-hybridized carbons (Fsp3) is 0.318.